The van der Waals surface area contributed by atoms with Crippen LogP contribution in [0.3, 0.4) is 0 Å². The second kappa shape index (κ2) is 8.63. The largest absolute Gasteiger partial charge is 0.494 e. The van der Waals surface area contributed by atoms with Gasteiger partial charge in [0.1, 0.15) is 11.6 Å². The first-order chi connectivity index (χ1) is 12.1. The van der Waals surface area contributed by atoms with E-state index in [4.69, 9.17) is 10.5 Å². The normalized spacial score (nSPS) is 24.5. The minimum absolute atomic E-state index is 0.144. The third-order valence-corrected chi connectivity index (χ3v) is 5.21. The van der Waals surface area contributed by atoms with Crippen LogP contribution in [-0.4, -0.2) is 61.1 Å². The Labute approximate surface area is 148 Å². The Kier molecular flexibility index (Phi) is 6.26. The lowest BCUT2D eigenvalue weighted by atomic mass is 10.1. The van der Waals surface area contributed by atoms with E-state index in [1.54, 1.807) is 12.1 Å². The molecular weight excluding hydrogens is 321 g/mol. The van der Waals surface area contributed by atoms with Crippen LogP contribution in [0.5, 0.6) is 5.75 Å². The summed E-state index contributed by atoms with van der Waals surface area (Å²) in [6.45, 7) is 5.02. The maximum atomic E-state index is 12.8. The highest BCUT2D eigenvalue weighted by molar-refractivity contribution is 5.79. The van der Waals surface area contributed by atoms with Crippen molar-refractivity contribution in [1.82, 2.24) is 9.80 Å². The van der Waals surface area contributed by atoms with Crippen LogP contribution in [0.4, 0.5) is 4.39 Å². The second-order valence-electron chi connectivity index (χ2n) is 7.09. The number of carbonyl (C=O) groups excluding carboxylic acids is 1. The maximum Gasteiger partial charge on any atom is 0.225 e. The summed E-state index contributed by atoms with van der Waals surface area (Å²) in [5.41, 5.74) is 5.92. The van der Waals surface area contributed by atoms with E-state index in [9.17, 15) is 9.18 Å². The summed E-state index contributed by atoms with van der Waals surface area (Å²) in [4.78, 5) is 16.9. The van der Waals surface area contributed by atoms with Crippen LogP contribution in [0.1, 0.15) is 25.7 Å². The van der Waals surface area contributed by atoms with Crippen molar-refractivity contribution in [3.05, 3.63) is 30.1 Å². The minimum Gasteiger partial charge on any atom is -0.494 e. The molecule has 1 saturated carbocycles. The van der Waals surface area contributed by atoms with Gasteiger partial charge in [-0.2, -0.15) is 0 Å². The Bertz CT molecular complexity index is 558. The third-order valence-electron chi connectivity index (χ3n) is 5.21. The zero-order valence-corrected chi connectivity index (χ0v) is 14.7. The monoisotopic (exact) mass is 349 g/mol. The van der Waals surface area contributed by atoms with Gasteiger partial charge in [-0.05, 0) is 49.9 Å². The van der Waals surface area contributed by atoms with Crippen LogP contribution in [-0.2, 0) is 4.79 Å². The molecule has 1 heterocycles. The number of nitrogens with zero attached hydrogens (tertiary/aromatic N) is 2. The number of hydrogen-bond acceptors (Lipinski definition) is 4. The molecule has 0 aromatic heterocycles. The first-order valence-corrected chi connectivity index (χ1v) is 9.27. The number of piperazine rings is 1. The number of nitrogens with two attached hydrogens (primary N) is 1. The number of carbonyl (C=O) groups is 1. The number of ether oxygens (including phenoxy) is 1. The van der Waals surface area contributed by atoms with E-state index in [2.05, 4.69) is 4.90 Å². The van der Waals surface area contributed by atoms with Crippen molar-refractivity contribution >= 4 is 5.91 Å². The molecule has 1 aromatic carbocycles. The predicted molar refractivity (Wildman–Crippen MR) is 94.8 cm³/mol. The quantitative estimate of drug-likeness (QED) is 0.797. The van der Waals surface area contributed by atoms with Gasteiger partial charge in [0, 0.05) is 44.7 Å². The lowest BCUT2D eigenvalue weighted by molar-refractivity contribution is -0.137. The summed E-state index contributed by atoms with van der Waals surface area (Å²) in [5.74, 6) is 0.892. The van der Waals surface area contributed by atoms with Crippen molar-refractivity contribution in [2.75, 3.05) is 39.3 Å². The van der Waals surface area contributed by atoms with Crippen LogP contribution in [0, 0.1) is 11.7 Å². The topological polar surface area (TPSA) is 58.8 Å². The molecular formula is C19H28FN3O2. The van der Waals surface area contributed by atoms with Gasteiger partial charge in [-0.3, -0.25) is 9.69 Å². The van der Waals surface area contributed by atoms with E-state index in [0.29, 0.717) is 18.3 Å². The number of benzene rings is 1. The maximum absolute atomic E-state index is 12.8. The van der Waals surface area contributed by atoms with Gasteiger partial charge < -0.3 is 15.4 Å². The van der Waals surface area contributed by atoms with Gasteiger partial charge in [-0.1, -0.05) is 0 Å². The lowest BCUT2D eigenvalue weighted by Gasteiger charge is -2.36. The summed E-state index contributed by atoms with van der Waals surface area (Å²) in [6, 6.07) is 6.31. The summed E-state index contributed by atoms with van der Waals surface area (Å²) in [7, 11) is 0. The van der Waals surface area contributed by atoms with E-state index < -0.39 is 0 Å². The molecule has 0 unspecified atom stereocenters. The van der Waals surface area contributed by atoms with Gasteiger partial charge in [0.2, 0.25) is 5.91 Å². The van der Waals surface area contributed by atoms with E-state index in [1.165, 1.54) is 12.1 Å². The van der Waals surface area contributed by atoms with E-state index in [0.717, 1.165) is 58.4 Å². The Morgan fingerprint density at radius 3 is 2.52 bits per heavy atom. The summed E-state index contributed by atoms with van der Waals surface area (Å²) in [6.07, 6.45) is 3.69. The summed E-state index contributed by atoms with van der Waals surface area (Å²) >= 11 is 0. The van der Waals surface area contributed by atoms with Crippen molar-refractivity contribution < 1.29 is 13.9 Å². The Hall–Kier alpha value is -1.66. The molecule has 2 fully saturated rings. The van der Waals surface area contributed by atoms with Gasteiger partial charge in [-0.25, -0.2) is 4.39 Å². The number of rotatable bonds is 6. The van der Waals surface area contributed by atoms with Crippen LogP contribution in [0.15, 0.2) is 24.3 Å². The van der Waals surface area contributed by atoms with Gasteiger partial charge in [0.15, 0.2) is 0 Å². The standard InChI is InChI=1S/C19H28FN3O2/c20-16-3-6-18(7-4-16)25-13-1-8-22-9-11-23(12-10-22)19(24)15-2-5-17(21)14-15/h3-4,6-7,15,17H,1-2,5,8-14,21H2/t15-,17+/m0/s1. The van der Waals surface area contributed by atoms with Gasteiger partial charge >= 0.3 is 0 Å². The molecule has 3 rings (SSSR count). The SMILES string of the molecule is N[C@@H]1CC[C@H](C(=O)N2CCN(CCCOc3ccc(F)cc3)CC2)C1. The molecule has 138 valence electrons. The highest BCUT2D eigenvalue weighted by atomic mass is 19.1. The molecule has 0 spiro atoms. The molecule has 5 nitrogen and oxygen atoms in total. The van der Waals surface area contributed by atoms with Crippen LogP contribution < -0.4 is 10.5 Å². The number of hydrogen-bond donors (Lipinski definition) is 1. The van der Waals surface area contributed by atoms with Crippen LogP contribution in [0.2, 0.25) is 0 Å². The summed E-state index contributed by atoms with van der Waals surface area (Å²) < 4.78 is 18.4. The lowest BCUT2D eigenvalue weighted by Crippen LogP contribution is -2.50. The van der Waals surface area contributed by atoms with Crippen LogP contribution >= 0.6 is 0 Å². The second-order valence-corrected chi connectivity index (χ2v) is 7.09. The molecule has 1 aliphatic heterocycles. The van der Waals surface area contributed by atoms with Gasteiger partial charge in [-0.15, -0.1) is 0 Å². The first-order valence-electron chi connectivity index (χ1n) is 9.27. The fourth-order valence-electron chi connectivity index (χ4n) is 3.70. The average molecular weight is 349 g/mol. The molecule has 1 amide bonds. The van der Waals surface area contributed by atoms with Crippen molar-refractivity contribution in [3.8, 4) is 5.75 Å². The number of halogens is 1. The van der Waals surface area contributed by atoms with Crippen LogP contribution in [0.25, 0.3) is 0 Å². The molecule has 0 bridgehead atoms. The van der Waals surface area contributed by atoms with E-state index in [-0.39, 0.29) is 17.8 Å². The van der Waals surface area contributed by atoms with Crippen molar-refractivity contribution in [2.24, 2.45) is 11.7 Å². The van der Waals surface area contributed by atoms with Gasteiger partial charge in [0.05, 0.1) is 6.61 Å². The van der Waals surface area contributed by atoms with Crippen molar-refractivity contribution in [2.45, 2.75) is 31.7 Å². The summed E-state index contributed by atoms with van der Waals surface area (Å²) in [5, 5.41) is 0. The molecule has 1 saturated heterocycles. The van der Waals surface area contributed by atoms with Crippen molar-refractivity contribution in [1.29, 1.82) is 0 Å². The molecule has 1 aromatic rings. The molecule has 2 N–H and O–H groups in total. The molecule has 1 aliphatic carbocycles. The average Bonchev–Trinajstić information content (AvgIpc) is 3.06. The van der Waals surface area contributed by atoms with Crippen molar-refractivity contribution in [3.63, 3.8) is 0 Å². The number of amides is 1. The van der Waals surface area contributed by atoms with E-state index in [1.807, 2.05) is 4.90 Å². The minimum atomic E-state index is -0.251. The first kappa shape index (κ1) is 18.1. The smallest absolute Gasteiger partial charge is 0.225 e. The Balaban J connectivity index is 1.31. The highest BCUT2D eigenvalue weighted by Crippen LogP contribution is 2.26. The fourth-order valence-corrected chi connectivity index (χ4v) is 3.70. The Morgan fingerprint density at radius 1 is 1.16 bits per heavy atom. The molecule has 2 atom stereocenters. The molecule has 0 radical (unpaired) electrons. The highest BCUT2D eigenvalue weighted by Gasteiger charge is 2.32. The zero-order valence-electron chi connectivity index (χ0n) is 14.7. The zero-order chi connectivity index (χ0) is 17.6. The Morgan fingerprint density at radius 2 is 1.88 bits per heavy atom. The predicted octanol–water partition coefficient (Wildman–Crippen LogP) is 1.87. The molecule has 25 heavy (non-hydrogen) atoms. The third kappa shape index (κ3) is 5.16. The fraction of sp³-hybridized carbons (Fsp3) is 0.632. The van der Waals surface area contributed by atoms with E-state index >= 15 is 0 Å². The van der Waals surface area contributed by atoms with Gasteiger partial charge in [0.25, 0.3) is 0 Å². The molecule has 2 aliphatic rings. The molecule has 6 heteroatoms.